The number of hydrogen-bond donors (Lipinski definition) is 3. The molecule has 0 radical (unpaired) electrons. The Morgan fingerprint density at radius 2 is 2.09 bits per heavy atom. The molecule has 2 rings (SSSR count). The molecule has 0 aliphatic carbocycles. The molecular weight excluding hydrogens is 290 g/mol. The van der Waals surface area contributed by atoms with Gasteiger partial charge in [-0.15, -0.1) is 0 Å². The summed E-state index contributed by atoms with van der Waals surface area (Å²) in [6.07, 6.45) is 4.52. The molecule has 1 aliphatic heterocycles. The fraction of sp³-hybridized carbons (Fsp3) is 0.500. The van der Waals surface area contributed by atoms with E-state index in [0.29, 0.717) is 0 Å². The van der Waals surface area contributed by atoms with Crippen LogP contribution in [-0.4, -0.2) is 30.2 Å². The van der Waals surface area contributed by atoms with Crippen LogP contribution in [0.15, 0.2) is 36.2 Å². The Morgan fingerprint density at radius 1 is 1.43 bits per heavy atom. The van der Waals surface area contributed by atoms with Gasteiger partial charge in [-0.25, -0.2) is 0 Å². The van der Waals surface area contributed by atoms with E-state index in [1.54, 1.807) is 20.0 Å². The highest BCUT2D eigenvalue weighted by molar-refractivity contribution is 5.94. The van der Waals surface area contributed by atoms with Crippen LogP contribution in [-0.2, 0) is 11.2 Å². The third-order valence-corrected chi connectivity index (χ3v) is 3.70. The van der Waals surface area contributed by atoms with Crippen molar-refractivity contribution in [1.29, 1.82) is 0 Å². The molecule has 0 saturated carbocycles. The molecule has 128 valence electrons. The highest BCUT2D eigenvalue weighted by Gasteiger charge is 2.31. The number of hydrogen-bond acceptors (Lipinski definition) is 4. The SMILES string of the molecule is CCC/C(=C/N)NCC1Cc2ccccc2N1C(C)=O.CCO. The van der Waals surface area contributed by atoms with E-state index in [1.165, 1.54) is 5.56 Å². The standard InChI is InChI=1S/C16H23N3O.C2H6O/c1-3-6-14(10-17)18-11-15-9-13-7-4-5-8-16(13)19(15)12(2)20;1-2-3/h4-5,7-8,10,15,18H,3,6,9,11,17H2,1-2H3;3H,2H2,1H3/b14-10-;. The lowest BCUT2D eigenvalue weighted by Gasteiger charge is -2.25. The molecule has 0 saturated heterocycles. The predicted octanol–water partition coefficient (Wildman–Crippen LogP) is 2.15. The number of allylic oxidation sites excluding steroid dienone is 1. The Hall–Kier alpha value is -2.01. The summed E-state index contributed by atoms with van der Waals surface area (Å²) >= 11 is 0. The largest absolute Gasteiger partial charge is 0.403 e. The number of aliphatic hydroxyl groups excluding tert-OH is 1. The lowest BCUT2D eigenvalue weighted by Crippen LogP contribution is -2.42. The maximum Gasteiger partial charge on any atom is 0.224 e. The molecule has 0 fully saturated rings. The van der Waals surface area contributed by atoms with Gasteiger partial charge in [-0.1, -0.05) is 31.5 Å². The molecule has 0 aromatic heterocycles. The highest BCUT2D eigenvalue weighted by atomic mass is 16.2. The first-order valence-corrected chi connectivity index (χ1v) is 8.22. The minimum atomic E-state index is 0.0931. The van der Waals surface area contributed by atoms with Gasteiger partial charge in [0.1, 0.15) is 0 Å². The van der Waals surface area contributed by atoms with E-state index < -0.39 is 0 Å². The molecule has 1 aliphatic rings. The van der Waals surface area contributed by atoms with Crippen molar-refractivity contribution in [2.24, 2.45) is 5.73 Å². The van der Waals surface area contributed by atoms with Crippen molar-refractivity contribution in [3.05, 3.63) is 41.7 Å². The molecule has 1 aromatic carbocycles. The van der Waals surface area contributed by atoms with Crippen LogP contribution in [0.25, 0.3) is 0 Å². The molecule has 1 amide bonds. The van der Waals surface area contributed by atoms with Gasteiger partial charge < -0.3 is 21.1 Å². The van der Waals surface area contributed by atoms with E-state index in [2.05, 4.69) is 18.3 Å². The molecule has 5 heteroatoms. The predicted molar refractivity (Wildman–Crippen MR) is 95.0 cm³/mol. The normalized spacial score (nSPS) is 16.4. The highest BCUT2D eigenvalue weighted by Crippen LogP contribution is 2.31. The van der Waals surface area contributed by atoms with Crippen molar-refractivity contribution in [2.45, 2.75) is 46.1 Å². The zero-order valence-electron chi connectivity index (χ0n) is 14.4. The number of rotatable bonds is 5. The van der Waals surface area contributed by atoms with Crippen LogP contribution in [0.1, 0.15) is 39.2 Å². The van der Waals surface area contributed by atoms with Gasteiger partial charge in [-0.2, -0.15) is 0 Å². The van der Waals surface area contributed by atoms with Gasteiger partial charge in [0.25, 0.3) is 0 Å². The van der Waals surface area contributed by atoms with Gasteiger partial charge in [0.05, 0.1) is 6.04 Å². The van der Waals surface area contributed by atoms with Gasteiger partial charge in [-0.3, -0.25) is 4.79 Å². The summed E-state index contributed by atoms with van der Waals surface area (Å²) < 4.78 is 0. The molecule has 1 aromatic rings. The summed E-state index contributed by atoms with van der Waals surface area (Å²) in [5.41, 5.74) is 8.95. The molecule has 1 atom stereocenters. The van der Waals surface area contributed by atoms with E-state index in [1.807, 2.05) is 23.1 Å². The first-order chi connectivity index (χ1) is 11.1. The minimum absolute atomic E-state index is 0.0931. The maximum atomic E-state index is 11.9. The fourth-order valence-electron chi connectivity index (χ4n) is 2.80. The van der Waals surface area contributed by atoms with Crippen LogP contribution in [0.4, 0.5) is 5.69 Å². The number of aliphatic hydroxyl groups is 1. The molecule has 4 N–H and O–H groups in total. The Bertz CT molecular complexity index is 529. The zero-order chi connectivity index (χ0) is 17.2. The van der Waals surface area contributed by atoms with Crippen molar-refractivity contribution >= 4 is 11.6 Å². The molecule has 23 heavy (non-hydrogen) atoms. The summed E-state index contributed by atoms with van der Waals surface area (Å²) in [5.74, 6) is 0.0931. The van der Waals surface area contributed by atoms with Crippen molar-refractivity contribution in [2.75, 3.05) is 18.1 Å². The third kappa shape index (κ3) is 5.28. The van der Waals surface area contributed by atoms with Gasteiger partial charge in [-0.05, 0) is 31.4 Å². The first-order valence-electron chi connectivity index (χ1n) is 8.22. The molecule has 0 bridgehead atoms. The number of carbonyl (C=O) groups excluding carboxylic acids is 1. The van der Waals surface area contributed by atoms with Gasteiger partial charge >= 0.3 is 0 Å². The van der Waals surface area contributed by atoms with Gasteiger partial charge in [0.15, 0.2) is 0 Å². The van der Waals surface area contributed by atoms with Crippen molar-refractivity contribution in [3.8, 4) is 0 Å². The van der Waals surface area contributed by atoms with Crippen LogP contribution in [0, 0.1) is 0 Å². The molecule has 0 spiro atoms. The Labute approximate surface area is 139 Å². The molecule has 5 nitrogen and oxygen atoms in total. The number of anilines is 1. The van der Waals surface area contributed by atoms with E-state index in [4.69, 9.17) is 10.8 Å². The molecule has 1 heterocycles. The Kier molecular flexibility index (Phi) is 8.19. The summed E-state index contributed by atoms with van der Waals surface area (Å²) in [5, 5.41) is 10.9. The number of nitrogens with one attached hydrogen (secondary N) is 1. The fourth-order valence-corrected chi connectivity index (χ4v) is 2.80. The second kappa shape index (κ2) is 9.90. The van der Waals surface area contributed by atoms with Gasteiger partial charge in [0.2, 0.25) is 5.91 Å². The summed E-state index contributed by atoms with van der Waals surface area (Å²) in [6, 6.07) is 8.28. The van der Waals surface area contributed by atoms with Crippen LogP contribution < -0.4 is 16.0 Å². The second-order valence-electron chi connectivity index (χ2n) is 5.51. The zero-order valence-corrected chi connectivity index (χ0v) is 14.4. The Balaban J connectivity index is 0.000000816. The van der Waals surface area contributed by atoms with E-state index in [9.17, 15) is 4.79 Å². The second-order valence-corrected chi connectivity index (χ2v) is 5.51. The monoisotopic (exact) mass is 319 g/mol. The lowest BCUT2D eigenvalue weighted by molar-refractivity contribution is -0.116. The number of amides is 1. The number of fused-ring (bicyclic) bond motifs is 1. The average molecular weight is 319 g/mol. The van der Waals surface area contributed by atoms with Crippen LogP contribution in [0.5, 0.6) is 0 Å². The van der Waals surface area contributed by atoms with E-state index >= 15 is 0 Å². The summed E-state index contributed by atoms with van der Waals surface area (Å²) in [7, 11) is 0. The lowest BCUT2D eigenvalue weighted by atomic mass is 10.1. The summed E-state index contributed by atoms with van der Waals surface area (Å²) in [4.78, 5) is 13.8. The third-order valence-electron chi connectivity index (χ3n) is 3.70. The number of carbonyl (C=O) groups is 1. The smallest absolute Gasteiger partial charge is 0.224 e. The quantitative estimate of drug-likeness (QED) is 0.777. The average Bonchev–Trinajstić information content (AvgIpc) is 2.90. The van der Waals surface area contributed by atoms with Gasteiger partial charge in [0, 0.05) is 37.7 Å². The van der Waals surface area contributed by atoms with Crippen molar-refractivity contribution in [3.63, 3.8) is 0 Å². The van der Waals surface area contributed by atoms with Crippen molar-refractivity contribution in [1.82, 2.24) is 5.32 Å². The summed E-state index contributed by atoms with van der Waals surface area (Å²) in [6.45, 7) is 6.41. The number of benzene rings is 1. The molecular formula is C18H29N3O2. The van der Waals surface area contributed by atoms with Crippen LogP contribution in [0.3, 0.4) is 0 Å². The number of nitrogens with two attached hydrogens (primary N) is 1. The van der Waals surface area contributed by atoms with E-state index in [0.717, 1.165) is 37.2 Å². The molecule has 1 unspecified atom stereocenters. The first kappa shape index (κ1) is 19.0. The topological polar surface area (TPSA) is 78.6 Å². The Morgan fingerprint density at radius 3 is 2.65 bits per heavy atom. The van der Waals surface area contributed by atoms with Crippen LogP contribution in [0.2, 0.25) is 0 Å². The maximum absolute atomic E-state index is 11.9. The van der Waals surface area contributed by atoms with Crippen molar-refractivity contribution < 1.29 is 9.90 Å². The van der Waals surface area contributed by atoms with Crippen LogP contribution >= 0.6 is 0 Å². The minimum Gasteiger partial charge on any atom is -0.403 e. The van der Waals surface area contributed by atoms with E-state index in [-0.39, 0.29) is 18.6 Å². The number of para-hydroxylation sites is 1. The number of nitrogens with zero attached hydrogens (tertiary/aromatic N) is 1.